The molecule has 0 aromatic heterocycles. The quantitative estimate of drug-likeness (QED) is 0.511. The maximum Gasteiger partial charge on any atom is 0.145 e. The van der Waals surface area contributed by atoms with Gasteiger partial charge in [-0.1, -0.05) is 20.8 Å². The predicted molar refractivity (Wildman–Crippen MR) is 40.9 cm³/mol. The Morgan fingerprint density at radius 1 is 1.40 bits per heavy atom. The van der Waals surface area contributed by atoms with Crippen molar-refractivity contribution in [3.63, 3.8) is 0 Å². The number of hydrazine groups is 2. The molecule has 0 bridgehead atoms. The molecule has 0 saturated carbocycles. The lowest BCUT2D eigenvalue weighted by Gasteiger charge is -2.18. The van der Waals surface area contributed by atoms with E-state index in [2.05, 4.69) is 36.8 Å². The highest BCUT2D eigenvalue weighted by Crippen LogP contribution is 2.15. The first-order valence-corrected chi connectivity index (χ1v) is 3.34. The minimum Gasteiger partial charge on any atom is -0.286 e. The highest BCUT2D eigenvalue weighted by molar-refractivity contribution is 5.87. The van der Waals surface area contributed by atoms with Gasteiger partial charge in [0.05, 0.1) is 0 Å². The average molecular weight is 142 g/mol. The Morgan fingerprint density at radius 3 is 2.20 bits per heavy atom. The van der Waals surface area contributed by atoms with Gasteiger partial charge in [0.25, 0.3) is 0 Å². The van der Waals surface area contributed by atoms with E-state index in [0.717, 1.165) is 5.84 Å². The molecular formula is C6H14N4. The Balaban J connectivity index is 2.60. The van der Waals surface area contributed by atoms with E-state index in [9.17, 15) is 0 Å². The van der Waals surface area contributed by atoms with Crippen molar-refractivity contribution < 1.29 is 0 Å². The minimum atomic E-state index is 0.0950. The van der Waals surface area contributed by atoms with E-state index in [4.69, 9.17) is 0 Å². The molecule has 0 aromatic carbocycles. The third-order valence-corrected chi connectivity index (χ3v) is 1.30. The van der Waals surface area contributed by atoms with E-state index in [0.29, 0.717) is 0 Å². The first kappa shape index (κ1) is 7.34. The summed E-state index contributed by atoms with van der Waals surface area (Å²) in [6.45, 7) is 6.33. The lowest BCUT2D eigenvalue weighted by Crippen LogP contribution is -2.41. The van der Waals surface area contributed by atoms with Crippen molar-refractivity contribution in [2.24, 2.45) is 10.5 Å². The fourth-order valence-electron chi connectivity index (χ4n) is 0.669. The van der Waals surface area contributed by atoms with Crippen molar-refractivity contribution in [2.75, 3.05) is 7.05 Å². The molecule has 0 atom stereocenters. The van der Waals surface area contributed by atoms with Gasteiger partial charge in [-0.25, -0.2) is 5.53 Å². The van der Waals surface area contributed by atoms with Gasteiger partial charge in [-0.2, -0.15) is 0 Å². The van der Waals surface area contributed by atoms with Crippen LogP contribution in [-0.2, 0) is 0 Å². The summed E-state index contributed by atoms with van der Waals surface area (Å²) in [4.78, 5) is 0. The smallest absolute Gasteiger partial charge is 0.145 e. The molecular weight excluding hydrogens is 128 g/mol. The lowest BCUT2D eigenvalue weighted by molar-refractivity contribution is 0.228. The largest absolute Gasteiger partial charge is 0.286 e. The Hall–Kier alpha value is -0.770. The van der Waals surface area contributed by atoms with Crippen LogP contribution in [0.5, 0.6) is 0 Å². The van der Waals surface area contributed by atoms with E-state index in [1.54, 1.807) is 5.12 Å². The molecule has 0 aromatic rings. The van der Waals surface area contributed by atoms with Crippen LogP contribution >= 0.6 is 0 Å². The monoisotopic (exact) mass is 142 g/mol. The van der Waals surface area contributed by atoms with Crippen LogP contribution in [0.2, 0.25) is 0 Å². The molecule has 1 aliphatic rings. The maximum atomic E-state index is 4.07. The average Bonchev–Trinajstić information content (AvgIpc) is 2.11. The Bertz CT molecular complexity index is 156. The van der Waals surface area contributed by atoms with Crippen LogP contribution in [0.1, 0.15) is 20.8 Å². The maximum absolute atomic E-state index is 4.07. The summed E-state index contributed by atoms with van der Waals surface area (Å²) in [5, 5.41) is 5.79. The third kappa shape index (κ3) is 1.39. The molecule has 0 amide bonds. The molecule has 0 fully saturated rings. The Kier molecular flexibility index (Phi) is 1.56. The van der Waals surface area contributed by atoms with Gasteiger partial charge in [0.2, 0.25) is 0 Å². The zero-order chi connectivity index (χ0) is 7.78. The van der Waals surface area contributed by atoms with Crippen molar-refractivity contribution >= 4 is 5.84 Å². The standard InChI is InChI=1S/C6H14N4/c1-6(2,3)5-7-9-10(4)8-5/h9H,1-4H3,(H,7,8). The number of nitrogens with one attached hydrogen (secondary N) is 2. The first-order chi connectivity index (χ1) is 4.50. The third-order valence-electron chi connectivity index (χ3n) is 1.30. The first-order valence-electron chi connectivity index (χ1n) is 3.34. The van der Waals surface area contributed by atoms with Gasteiger partial charge in [-0.3, -0.25) is 5.43 Å². The van der Waals surface area contributed by atoms with Crippen LogP contribution in [0.15, 0.2) is 5.10 Å². The second-order valence-corrected chi connectivity index (χ2v) is 3.48. The van der Waals surface area contributed by atoms with Crippen molar-refractivity contribution in [1.82, 2.24) is 16.1 Å². The van der Waals surface area contributed by atoms with Crippen LogP contribution in [0.25, 0.3) is 0 Å². The molecule has 0 aliphatic carbocycles. The number of hydrogen-bond donors (Lipinski definition) is 2. The van der Waals surface area contributed by atoms with Gasteiger partial charge in [0.15, 0.2) is 0 Å². The van der Waals surface area contributed by atoms with E-state index < -0.39 is 0 Å². The van der Waals surface area contributed by atoms with E-state index in [1.165, 1.54) is 0 Å². The lowest BCUT2D eigenvalue weighted by atomic mass is 9.95. The fourth-order valence-corrected chi connectivity index (χ4v) is 0.669. The Labute approximate surface area is 61.2 Å². The van der Waals surface area contributed by atoms with Crippen LogP contribution in [0.4, 0.5) is 0 Å². The van der Waals surface area contributed by atoms with Gasteiger partial charge < -0.3 is 0 Å². The normalized spacial score (nSPS) is 19.8. The van der Waals surface area contributed by atoms with Crippen LogP contribution < -0.4 is 11.0 Å². The van der Waals surface area contributed by atoms with Gasteiger partial charge in [-0.05, 0) is 0 Å². The van der Waals surface area contributed by atoms with Gasteiger partial charge in [-0.15, -0.1) is 10.2 Å². The minimum absolute atomic E-state index is 0.0950. The molecule has 10 heavy (non-hydrogen) atoms. The number of rotatable bonds is 0. The van der Waals surface area contributed by atoms with Crippen molar-refractivity contribution in [3.05, 3.63) is 0 Å². The topological polar surface area (TPSA) is 39.7 Å². The van der Waals surface area contributed by atoms with Crippen molar-refractivity contribution in [2.45, 2.75) is 20.8 Å². The summed E-state index contributed by atoms with van der Waals surface area (Å²) in [5.41, 5.74) is 5.95. The predicted octanol–water partition coefficient (Wildman–Crippen LogP) is 0.301. The van der Waals surface area contributed by atoms with E-state index >= 15 is 0 Å². The SMILES string of the molecule is CN1NN=C(C(C)(C)C)N1. The number of hydrazone groups is 1. The van der Waals surface area contributed by atoms with Crippen molar-refractivity contribution in [1.29, 1.82) is 0 Å². The summed E-state index contributed by atoms with van der Waals surface area (Å²) in [6.07, 6.45) is 0. The molecule has 1 rings (SSSR count). The number of hydrogen-bond acceptors (Lipinski definition) is 4. The molecule has 58 valence electrons. The summed E-state index contributed by atoms with van der Waals surface area (Å²) in [5.74, 6) is 0.968. The summed E-state index contributed by atoms with van der Waals surface area (Å²) in [7, 11) is 1.88. The number of nitrogens with zero attached hydrogens (tertiary/aromatic N) is 2. The second kappa shape index (κ2) is 2.12. The molecule has 0 radical (unpaired) electrons. The molecule has 1 aliphatic heterocycles. The van der Waals surface area contributed by atoms with Gasteiger partial charge in [0, 0.05) is 12.5 Å². The van der Waals surface area contributed by atoms with Gasteiger partial charge in [0.1, 0.15) is 5.84 Å². The van der Waals surface area contributed by atoms with Crippen LogP contribution in [0, 0.1) is 5.41 Å². The highest BCUT2D eigenvalue weighted by Gasteiger charge is 2.23. The summed E-state index contributed by atoms with van der Waals surface area (Å²) < 4.78 is 0. The van der Waals surface area contributed by atoms with Crippen LogP contribution in [-0.4, -0.2) is 18.0 Å². The molecule has 1 heterocycles. The van der Waals surface area contributed by atoms with E-state index in [-0.39, 0.29) is 5.41 Å². The second-order valence-electron chi connectivity index (χ2n) is 3.48. The summed E-state index contributed by atoms with van der Waals surface area (Å²) in [6, 6.07) is 0. The molecule has 0 saturated heterocycles. The highest BCUT2D eigenvalue weighted by atomic mass is 15.9. The molecule has 2 N–H and O–H groups in total. The Morgan fingerprint density at radius 2 is 2.00 bits per heavy atom. The van der Waals surface area contributed by atoms with Crippen LogP contribution in [0.3, 0.4) is 0 Å². The zero-order valence-corrected chi connectivity index (χ0v) is 6.89. The van der Waals surface area contributed by atoms with E-state index in [1.807, 2.05) is 7.05 Å². The molecule has 0 spiro atoms. The number of amidine groups is 1. The zero-order valence-electron chi connectivity index (χ0n) is 6.89. The van der Waals surface area contributed by atoms with Gasteiger partial charge >= 0.3 is 0 Å². The van der Waals surface area contributed by atoms with Crippen molar-refractivity contribution in [3.8, 4) is 0 Å². The molecule has 4 nitrogen and oxygen atoms in total. The fraction of sp³-hybridized carbons (Fsp3) is 0.833. The molecule has 4 heteroatoms. The summed E-state index contributed by atoms with van der Waals surface area (Å²) >= 11 is 0. The molecule has 0 unspecified atom stereocenters.